The van der Waals surface area contributed by atoms with Crippen molar-refractivity contribution in [2.75, 3.05) is 0 Å². The average molecular weight is 336 g/mol. The molecule has 0 amide bonds. The molecule has 0 spiro atoms. The fourth-order valence-electron chi connectivity index (χ4n) is 0.372. The molecule has 1 aromatic rings. The van der Waals surface area contributed by atoms with Crippen molar-refractivity contribution in [3.8, 4) is 0 Å². The van der Waals surface area contributed by atoms with Crippen molar-refractivity contribution in [2.45, 2.75) is 5.33 Å². The molecule has 50 valence electrons. The maximum Gasteiger partial charge on any atom is 0.105 e. The van der Waals surface area contributed by atoms with Crippen LogP contribution in [-0.4, -0.2) is 4.37 Å². The van der Waals surface area contributed by atoms with Crippen LogP contribution in [0.5, 0.6) is 0 Å². The first-order valence-electron chi connectivity index (χ1n) is 2.11. The number of rotatable bonds is 1. The molecule has 0 atom stereocenters. The van der Waals surface area contributed by atoms with Gasteiger partial charge in [0.15, 0.2) is 0 Å². The van der Waals surface area contributed by atoms with E-state index in [2.05, 4.69) is 52.2 Å². The predicted octanol–water partition coefficient (Wildman–Crippen LogP) is 3.56. The number of nitrogens with zero attached hydrogens (tertiary/aromatic N) is 1. The number of alkyl halides is 1. The highest BCUT2D eigenvalue weighted by molar-refractivity contribution is 9.13. The van der Waals surface area contributed by atoms with Crippen molar-refractivity contribution in [1.82, 2.24) is 4.37 Å². The largest absolute Gasteiger partial charge is 0.194 e. The molecule has 0 saturated carbocycles. The summed E-state index contributed by atoms with van der Waals surface area (Å²) in [5.74, 6) is 0. The first-order chi connectivity index (χ1) is 4.25. The minimum absolute atomic E-state index is 0.801. The van der Waals surface area contributed by atoms with E-state index in [4.69, 9.17) is 0 Å². The molecule has 1 aromatic heterocycles. The SMILES string of the molecule is BrCc1nsc(Br)c1Br. The summed E-state index contributed by atoms with van der Waals surface area (Å²) in [5, 5.41) is 0.801. The van der Waals surface area contributed by atoms with Gasteiger partial charge in [0, 0.05) is 5.33 Å². The fourth-order valence-corrected chi connectivity index (χ4v) is 2.87. The van der Waals surface area contributed by atoms with E-state index in [-0.39, 0.29) is 0 Å². The molecule has 1 heterocycles. The van der Waals surface area contributed by atoms with Crippen LogP contribution in [0.1, 0.15) is 5.69 Å². The van der Waals surface area contributed by atoms with Crippen molar-refractivity contribution in [3.05, 3.63) is 14.0 Å². The molecule has 1 rings (SSSR count). The molecular formula is C4H2Br3NS. The first-order valence-corrected chi connectivity index (χ1v) is 5.59. The van der Waals surface area contributed by atoms with Gasteiger partial charge in [0.2, 0.25) is 0 Å². The molecule has 0 saturated heterocycles. The average Bonchev–Trinajstić information content (AvgIpc) is 2.15. The van der Waals surface area contributed by atoms with Crippen LogP contribution in [0.15, 0.2) is 8.26 Å². The quantitative estimate of drug-likeness (QED) is 0.715. The van der Waals surface area contributed by atoms with Crippen LogP contribution in [0.4, 0.5) is 0 Å². The minimum atomic E-state index is 0.801. The van der Waals surface area contributed by atoms with Crippen molar-refractivity contribution in [1.29, 1.82) is 0 Å². The summed E-state index contributed by atoms with van der Waals surface area (Å²) in [6.45, 7) is 0. The third-order valence-electron chi connectivity index (χ3n) is 0.788. The second-order valence-electron chi connectivity index (χ2n) is 1.35. The van der Waals surface area contributed by atoms with Crippen molar-refractivity contribution in [3.63, 3.8) is 0 Å². The van der Waals surface area contributed by atoms with Gasteiger partial charge in [-0.1, -0.05) is 15.9 Å². The van der Waals surface area contributed by atoms with Crippen molar-refractivity contribution in [2.24, 2.45) is 0 Å². The van der Waals surface area contributed by atoms with Crippen LogP contribution in [0.25, 0.3) is 0 Å². The van der Waals surface area contributed by atoms with Gasteiger partial charge < -0.3 is 0 Å². The van der Waals surface area contributed by atoms with Crippen LogP contribution in [0, 0.1) is 0 Å². The minimum Gasteiger partial charge on any atom is -0.194 e. The van der Waals surface area contributed by atoms with E-state index in [9.17, 15) is 0 Å². The van der Waals surface area contributed by atoms with Gasteiger partial charge in [0.1, 0.15) is 3.79 Å². The van der Waals surface area contributed by atoms with E-state index < -0.39 is 0 Å². The molecule has 0 aliphatic rings. The van der Waals surface area contributed by atoms with Gasteiger partial charge >= 0.3 is 0 Å². The maximum absolute atomic E-state index is 4.13. The molecule has 0 aromatic carbocycles. The molecule has 0 aliphatic heterocycles. The molecule has 0 fully saturated rings. The molecule has 5 heteroatoms. The lowest BCUT2D eigenvalue weighted by atomic mass is 10.5. The van der Waals surface area contributed by atoms with Crippen LogP contribution in [0.3, 0.4) is 0 Å². The normalized spacial score (nSPS) is 10.1. The monoisotopic (exact) mass is 333 g/mol. The van der Waals surface area contributed by atoms with Gasteiger partial charge in [-0.3, -0.25) is 0 Å². The van der Waals surface area contributed by atoms with E-state index >= 15 is 0 Å². The molecule has 1 nitrogen and oxygen atoms in total. The molecule has 0 N–H and O–H groups in total. The van der Waals surface area contributed by atoms with Gasteiger partial charge in [0.05, 0.1) is 10.2 Å². The van der Waals surface area contributed by atoms with Crippen molar-refractivity contribution < 1.29 is 0 Å². The maximum atomic E-state index is 4.13. The third-order valence-corrected chi connectivity index (χ3v) is 4.48. The summed E-state index contributed by atoms with van der Waals surface area (Å²) in [6.07, 6.45) is 0. The topological polar surface area (TPSA) is 12.9 Å². The molecule has 0 unspecified atom stereocenters. The van der Waals surface area contributed by atoms with Crippen LogP contribution in [-0.2, 0) is 5.33 Å². The van der Waals surface area contributed by atoms with E-state index in [0.717, 1.165) is 19.3 Å². The Hall–Kier alpha value is 1.07. The van der Waals surface area contributed by atoms with Crippen molar-refractivity contribution >= 4 is 59.3 Å². The lowest BCUT2D eigenvalue weighted by Crippen LogP contribution is -1.73. The molecule has 0 radical (unpaired) electrons. The Morgan fingerprint density at radius 1 is 1.44 bits per heavy atom. The van der Waals surface area contributed by atoms with Crippen LogP contribution >= 0.6 is 59.3 Å². The van der Waals surface area contributed by atoms with E-state index in [0.29, 0.717) is 0 Å². The number of hydrogen-bond donors (Lipinski definition) is 0. The lowest BCUT2D eigenvalue weighted by molar-refractivity contribution is 1.29. The van der Waals surface area contributed by atoms with Gasteiger partial charge in [-0.2, -0.15) is 4.37 Å². The zero-order valence-electron chi connectivity index (χ0n) is 4.20. The summed E-state index contributed by atoms with van der Waals surface area (Å²) in [5.41, 5.74) is 1.05. The van der Waals surface area contributed by atoms with Crippen LogP contribution < -0.4 is 0 Å². The zero-order valence-corrected chi connectivity index (χ0v) is 9.77. The Morgan fingerprint density at radius 3 is 2.33 bits per heavy atom. The zero-order chi connectivity index (χ0) is 6.85. The summed E-state index contributed by atoms with van der Waals surface area (Å²) < 4.78 is 6.25. The summed E-state index contributed by atoms with van der Waals surface area (Å²) in [7, 11) is 0. The molecule has 9 heavy (non-hydrogen) atoms. The smallest absolute Gasteiger partial charge is 0.105 e. The first kappa shape index (κ1) is 8.17. The fraction of sp³-hybridized carbons (Fsp3) is 0.250. The lowest BCUT2D eigenvalue weighted by Gasteiger charge is -1.84. The predicted molar refractivity (Wildman–Crippen MR) is 50.1 cm³/mol. The summed E-state index contributed by atoms with van der Waals surface area (Å²) in [6, 6.07) is 0. The highest BCUT2D eigenvalue weighted by Crippen LogP contribution is 2.31. The summed E-state index contributed by atoms with van der Waals surface area (Å²) in [4.78, 5) is 0. The highest BCUT2D eigenvalue weighted by atomic mass is 79.9. The Kier molecular flexibility index (Phi) is 3.14. The number of aromatic nitrogens is 1. The van der Waals surface area contributed by atoms with Gasteiger partial charge in [-0.15, -0.1) is 0 Å². The van der Waals surface area contributed by atoms with E-state index in [1.54, 1.807) is 0 Å². The Balaban J connectivity index is 3.04. The summed E-state index contributed by atoms with van der Waals surface area (Å²) >= 11 is 11.5. The van der Waals surface area contributed by atoms with E-state index in [1.807, 2.05) is 0 Å². The molecular weight excluding hydrogens is 334 g/mol. The molecule has 0 bridgehead atoms. The number of hydrogen-bond acceptors (Lipinski definition) is 2. The second-order valence-corrected chi connectivity index (χ2v) is 4.80. The third kappa shape index (κ3) is 1.76. The highest BCUT2D eigenvalue weighted by Gasteiger charge is 2.05. The van der Waals surface area contributed by atoms with Gasteiger partial charge in [-0.25, -0.2) is 0 Å². The molecule has 0 aliphatic carbocycles. The van der Waals surface area contributed by atoms with Gasteiger partial charge in [0.25, 0.3) is 0 Å². The number of halogens is 3. The van der Waals surface area contributed by atoms with E-state index in [1.165, 1.54) is 11.5 Å². The van der Waals surface area contributed by atoms with Crippen LogP contribution in [0.2, 0.25) is 0 Å². The Morgan fingerprint density at radius 2 is 2.11 bits per heavy atom. The van der Waals surface area contributed by atoms with Gasteiger partial charge in [-0.05, 0) is 43.4 Å². The standard InChI is InChI=1S/C4H2Br3NS/c5-1-2-3(6)4(7)9-8-2/h1H2. The Labute approximate surface area is 82.4 Å². The second kappa shape index (κ2) is 3.46. The Bertz CT molecular complexity index is 210.